The van der Waals surface area contributed by atoms with Gasteiger partial charge in [0, 0.05) is 22.9 Å². The molecular weight excluding hydrogens is 322 g/mol. The number of nitrogens with zero attached hydrogens (tertiary/aromatic N) is 1. The van der Waals surface area contributed by atoms with E-state index in [0.29, 0.717) is 0 Å². The molecule has 0 aliphatic carbocycles. The Labute approximate surface area is 132 Å². The second-order valence-corrected chi connectivity index (χ2v) is 6.36. The van der Waals surface area contributed by atoms with E-state index in [-0.39, 0.29) is 27.4 Å². The summed E-state index contributed by atoms with van der Waals surface area (Å²) < 4.78 is 27.1. The molecular formula is C14H13N3O5S. The number of hydrogen-bond acceptors (Lipinski definition) is 5. The Bertz CT molecular complexity index is 876. The van der Waals surface area contributed by atoms with Crippen LogP contribution in [0.15, 0.2) is 47.4 Å². The Morgan fingerprint density at radius 2 is 1.78 bits per heavy atom. The van der Waals surface area contributed by atoms with Crippen LogP contribution in [0.2, 0.25) is 0 Å². The highest BCUT2D eigenvalue weighted by Gasteiger charge is 2.22. The molecule has 0 fully saturated rings. The van der Waals surface area contributed by atoms with Crippen LogP contribution in [0.5, 0.6) is 0 Å². The second kappa shape index (κ2) is 6.05. The predicted octanol–water partition coefficient (Wildman–Crippen LogP) is 1.80. The van der Waals surface area contributed by atoms with E-state index in [1.165, 1.54) is 49.4 Å². The summed E-state index contributed by atoms with van der Waals surface area (Å²) in [5.41, 5.74) is 5.31. The fourth-order valence-electron chi connectivity index (χ4n) is 2.00. The summed E-state index contributed by atoms with van der Waals surface area (Å²) in [5.74, 6) is -0.631. The highest BCUT2D eigenvalue weighted by Crippen LogP contribution is 2.26. The lowest BCUT2D eigenvalue weighted by molar-refractivity contribution is -0.385. The number of sulfonamides is 1. The standard InChI is InChI=1S/C14H13N3O5S/c1-9-12(17(19)20)3-2-4-13(9)23(21,22)16-11-7-5-10(6-8-11)14(15)18/h2-8,16H,1H3,(H2,15,18). The maximum Gasteiger partial charge on any atom is 0.273 e. The van der Waals surface area contributed by atoms with E-state index in [2.05, 4.69) is 4.72 Å². The molecule has 2 rings (SSSR count). The molecule has 8 nitrogen and oxygen atoms in total. The van der Waals surface area contributed by atoms with Crippen LogP contribution in [0, 0.1) is 17.0 Å². The Balaban J connectivity index is 2.38. The van der Waals surface area contributed by atoms with Crippen LogP contribution in [-0.4, -0.2) is 19.2 Å². The average Bonchev–Trinajstić information content (AvgIpc) is 2.47. The van der Waals surface area contributed by atoms with Crippen LogP contribution in [0.3, 0.4) is 0 Å². The van der Waals surface area contributed by atoms with E-state index in [9.17, 15) is 23.3 Å². The van der Waals surface area contributed by atoms with Crippen molar-refractivity contribution in [1.82, 2.24) is 0 Å². The van der Waals surface area contributed by atoms with Gasteiger partial charge in [-0.3, -0.25) is 19.6 Å². The van der Waals surface area contributed by atoms with Crippen LogP contribution in [0.1, 0.15) is 15.9 Å². The highest BCUT2D eigenvalue weighted by molar-refractivity contribution is 7.92. The minimum atomic E-state index is -4.00. The number of nitro groups is 1. The third kappa shape index (κ3) is 3.46. The molecule has 0 aliphatic rings. The van der Waals surface area contributed by atoms with Crippen molar-refractivity contribution < 1.29 is 18.1 Å². The number of nitro benzene ring substituents is 1. The fourth-order valence-corrected chi connectivity index (χ4v) is 3.33. The number of rotatable bonds is 5. The molecule has 0 unspecified atom stereocenters. The fraction of sp³-hybridized carbons (Fsp3) is 0.0714. The molecule has 0 spiro atoms. The number of benzene rings is 2. The Kier molecular flexibility index (Phi) is 4.32. The highest BCUT2D eigenvalue weighted by atomic mass is 32.2. The first-order valence-corrected chi connectivity index (χ1v) is 7.87. The van der Waals surface area contributed by atoms with Crippen LogP contribution < -0.4 is 10.5 Å². The van der Waals surface area contributed by atoms with Crippen molar-refractivity contribution in [2.75, 3.05) is 4.72 Å². The van der Waals surface area contributed by atoms with Gasteiger partial charge in [-0.1, -0.05) is 6.07 Å². The van der Waals surface area contributed by atoms with Gasteiger partial charge in [0.05, 0.1) is 9.82 Å². The normalized spacial score (nSPS) is 11.0. The largest absolute Gasteiger partial charge is 0.366 e. The predicted molar refractivity (Wildman–Crippen MR) is 83.6 cm³/mol. The summed E-state index contributed by atoms with van der Waals surface area (Å²) in [7, 11) is -4.00. The molecule has 2 aromatic rings. The van der Waals surface area contributed by atoms with Crippen LogP contribution in [0.25, 0.3) is 0 Å². The average molecular weight is 335 g/mol. The molecule has 1 amide bonds. The van der Waals surface area contributed by atoms with E-state index >= 15 is 0 Å². The van der Waals surface area contributed by atoms with Crippen LogP contribution in [0.4, 0.5) is 11.4 Å². The molecule has 0 aromatic heterocycles. The van der Waals surface area contributed by atoms with Crippen molar-refractivity contribution in [1.29, 1.82) is 0 Å². The van der Waals surface area contributed by atoms with E-state index < -0.39 is 20.9 Å². The number of carbonyl (C=O) groups excluding carboxylic acids is 1. The van der Waals surface area contributed by atoms with Gasteiger partial charge in [-0.2, -0.15) is 0 Å². The number of nitrogens with one attached hydrogen (secondary N) is 1. The summed E-state index contributed by atoms with van der Waals surface area (Å²) in [6, 6.07) is 9.32. The molecule has 23 heavy (non-hydrogen) atoms. The number of amides is 1. The molecule has 0 aliphatic heterocycles. The Morgan fingerprint density at radius 3 is 2.30 bits per heavy atom. The monoisotopic (exact) mass is 335 g/mol. The smallest absolute Gasteiger partial charge is 0.273 e. The summed E-state index contributed by atoms with van der Waals surface area (Å²) in [4.78, 5) is 21.1. The third-order valence-corrected chi connectivity index (χ3v) is 4.69. The zero-order valence-electron chi connectivity index (χ0n) is 12.0. The van der Waals surface area contributed by atoms with Crippen molar-refractivity contribution >= 4 is 27.3 Å². The van der Waals surface area contributed by atoms with Crippen molar-refractivity contribution in [3.8, 4) is 0 Å². The van der Waals surface area contributed by atoms with Crippen molar-refractivity contribution in [2.45, 2.75) is 11.8 Å². The topological polar surface area (TPSA) is 132 Å². The molecule has 2 aromatic carbocycles. The van der Waals surface area contributed by atoms with E-state index in [4.69, 9.17) is 5.73 Å². The lowest BCUT2D eigenvalue weighted by atomic mass is 10.2. The van der Waals surface area contributed by atoms with E-state index in [1.54, 1.807) is 0 Å². The third-order valence-electron chi connectivity index (χ3n) is 3.16. The molecule has 0 saturated heterocycles. The van der Waals surface area contributed by atoms with Crippen molar-refractivity contribution in [3.63, 3.8) is 0 Å². The summed E-state index contributed by atoms with van der Waals surface area (Å²) in [6.07, 6.45) is 0. The number of nitrogens with two attached hydrogens (primary N) is 1. The molecule has 0 atom stereocenters. The molecule has 9 heteroatoms. The summed E-state index contributed by atoms with van der Waals surface area (Å²) in [6.45, 7) is 1.36. The summed E-state index contributed by atoms with van der Waals surface area (Å²) >= 11 is 0. The van der Waals surface area contributed by atoms with Gasteiger partial charge in [0.2, 0.25) is 5.91 Å². The molecule has 0 saturated carbocycles. The quantitative estimate of drug-likeness (QED) is 0.635. The number of primary amides is 1. The first-order valence-electron chi connectivity index (χ1n) is 6.39. The van der Waals surface area contributed by atoms with E-state index in [1.807, 2.05) is 0 Å². The van der Waals surface area contributed by atoms with Gasteiger partial charge in [0.1, 0.15) is 0 Å². The number of carbonyl (C=O) groups is 1. The number of hydrogen-bond donors (Lipinski definition) is 2. The van der Waals surface area contributed by atoms with Gasteiger partial charge in [-0.15, -0.1) is 0 Å². The SMILES string of the molecule is Cc1c([N+](=O)[O-])cccc1S(=O)(=O)Nc1ccc(C(N)=O)cc1. The molecule has 0 bridgehead atoms. The van der Waals surface area contributed by atoms with Crippen LogP contribution >= 0.6 is 0 Å². The van der Waals surface area contributed by atoms with Gasteiger partial charge >= 0.3 is 0 Å². The summed E-state index contributed by atoms with van der Waals surface area (Å²) in [5, 5.41) is 10.9. The zero-order valence-corrected chi connectivity index (χ0v) is 12.8. The molecule has 0 radical (unpaired) electrons. The van der Waals surface area contributed by atoms with Gasteiger partial charge in [-0.25, -0.2) is 8.42 Å². The minimum Gasteiger partial charge on any atom is -0.366 e. The maximum atomic E-state index is 12.4. The Morgan fingerprint density at radius 1 is 1.17 bits per heavy atom. The molecule has 3 N–H and O–H groups in total. The molecule has 0 heterocycles. The Hall–Kier alpha value is -2.94. The minimum absolute atomic E-state index is 0.0405. The van der Waals surface area contributed by atoms with Gasteiger partial charge in [0.25, 0.3) is 15.7 Å². The van der Waals surface area contributed by atoms with Gasteiger partial charge in [0.15, 0.2) is 0 Å². The molecule has 120 valence electrons. The van der Waals surface area contributed by atoms with Gasteiger partial charge in [-0.05, 0) is 37.3 Å². The van der Waals surface area contributed by atoms with Crippen molar-refractivity contribution in [3.05, 3.63) is 63.7 Å². The van der Waals surface area contributed by atoms with E-state index in [0.717, 1.165) is 0 Å². The maximum absolute atomic E-state index is 12.4. The van der Waals surface area contributed by atoms with Crippen LogP contribution in [-0.2, 0) is 10.0 Å². The lowest BCUT2D eigenvalue weighted by Crippen LogP contribution is -2.15. The first kappa shape index (κ1) is 16.4. The van der Waals surface area contributed by atoms with Gasteiger partial charge < -0.3 is 5.73 Å². The second-order valence-electron chi connectivity index (χ2n) is 4.70. The van der Waals surface area contributed by atoms with Crippen molar-refractivity contribution in [2.24, 2.45) is 5.73 Å². The lowest BCUT2D eigenvalue weighted by Gasteiger charge is -2.10. The zero-order chi connectivity index (χ0) is 17.2. The first-order chi connectivity index (χ1) is 10.7. The number of anilines is 1.